The number of aliphatic hydroxyl groups is 1. The van der Waals surface area contributed by atoms with Gasteiger partial charge in [0, 0.05) is 37.3 Å². The van der Waals surface area contributed by atoms with E-state index >= 15 is 0 Å². The van der Waals surface area contributed by atoms with Crippen LogP contribution in [0.15, 0.2) is 23.8 Å². The average molecular weight is 361 g/mol. The fourth-order valence-corrected chi connectivity index (χ4v) is 4.80. The summed E-state index contributed by atoms with van der Waals surface area (Å²) in [5.41, 5.74) is 6.52. The number of nitrogens with zero attached hydrogens (tertiary/aromatic N) is 4. The van der Waals surface area contributed by atoms with Gasteiger partial charge in [0.25, 0.3) is 0 Å². The molecule has 2 aromatic heterocycles. The second kappa shape index (κ2) is 6.76. The third-order valence-corrected chi connectivity index (χ3v) is 6.21. The van der Waals surface area contributed by atoms with Crippen molar-refractivity contribution in [1.29, 1.82) is 0 Å². The Morgan fingerprint density at radius 2 is 2.16 bits per heavy atom. The van der Waals surface area contributed by atoms with Gasteiger partial charge >= 0.3 is 0 Å². The molecule has 2 aromatic rings. The topological polar surface area (TPSA) is 97.3 Å². The molecule has 4 rings (SSSR count). The first kappa shape index (κ1) is 16.5. The molecule has 8 heteroatoms. The Hall–Kier alpha value is -1.93. The second-order valence-electron chi connectivity index (χ2n) is 7.09. The van der Waals surface area contributed by atoms with Crippen molar-refractivity contribution in [3.05, 3.63) is 29.5 Å². The zero-order chi connectivity index (χ0) is 17.4. The number of hydrogen-bond donors (Lipinski definition) is 2. The lowest BCUT2D eigenvalue weighted by Gasteiger charge is -2.35. The number of thiazole rings is 1. The Bertz CT molecular complexity index is 731. The normalized spacial score (nSPS) is 28.9. The van der Waals surface area contributed by atoms with Crippen molar-refractivity contribution in [3.8, 4) is 0 Å². The molecular weight excluding hydrogens is 338 g/mol. The Morgan fingerprint density at radius 1 is 1.36 bits per heavy atom. The predicted molar refractivity (Wildman–Crippen MR) is 94.9 cm³/mol. The van der Waals surface area contributed by atoms with Gasteiger partial charge in [-0.1, -0.05) is 0 Å². The summed E-state index contributed by atoms with van der Waals surface area (Å²) in [7, 11) is 0. The molecular formula is C17H23N5O2S. The second-order valence-corrected chi connectivity index (χ2v) is 7.98. The highest BCUT2D eigenvalue weighted by Crippen LogP contribution is 2.41. The molecule has 3 N–H and O–H groups in total. The molecule has 0 aromatic carbocycles. The molecule has 1 amide bonds. The predicted octanol–water partition coefficient (Wildman–Crippen LogP) is 1.32. The van der Waals surface area contributed by atoms with Crippen LogP contribution in [0.4, 0.5) is 5.13 Å². The summed E-state index contributed by atoms with van der Waals surface area (Å²) in [6.07, 6.45) is 5.97. The molecule has 7 nitrogen and oxygen atoms in total. The number of nitrogen functional groups attached to an aromatic ring is 1. The lowest BCUT2D eigenvalue weighted by Crippen LogP contribution is -2.36. The number of rotatable bonds is 4. The van der Waals surface area contributed by atoms with E-state index in [1.807, 2.05) is 27.2 Å². The third kappa shape index (κ3) is 3.41. The summed E-state index contributed by atoms with van der Waals surface area (Å²) in [6, 6.07) is 1.90. The van der Waals surface area contributed by atoms with Crippen LogP contribution >= 0.6 is 11.3 Å². The van der Waals surface area contributed by atoms with E-state index in [1.54, 1.807) is 6.20 Å². The number of aryl methyl sites for hydroxylation is 1. The highest BCUT2D eigenvalue weighted by atomic mass is 32.1. The van der Waals surface area contributed by atoms with Crippen LogP contribution in [0.25, 0.3) is 0 Å². The number of anilines is 1. The van der Waals surface area contributed by atoms with E-state index in [-0.39, 0.29) is 11.9 Å². The quantitative estimate of drug-likeness (QED) is 0.856. The van der Waals surface area contributed by atoms with E-state index in [0.29, 0.717) is 29.8 Å². The highest BCUT2D eigenvalue weighted by molar-refractivity contribution is 7.13. The summed E-state index contributed by atoms with van der Waals surface area (Å²) < 4.78 is 1.86. The summed E-state index contributed by atoms with van der Waals surface area (Å²) in [4.78, 5) is 18.7. The highest BCUT2D eigenvalue weighted by Gasteiger charge is 2.43. The number of carbonyl (C=O) groups excluding carboxylic acids is 1. The van der Waals surface area contributed by atoms with Gasteiger partial charge in [-0.3, -0.25) is 9.48 Å². The van der Waals surface area contributed by atoms with E-state index in [1.165, 1.54) is 11.3 Å². The number of fused-ring (bicyclic) bond motifs is 1. The van der Waals surface area contributed by atoms with Gasteiger partial charge in [0.15, 0.2) is 5.13 Å². The SMILES string of the molecule is Nc1nc(CCC(=O)N2C[C@H]3C[C@@H](n4cccn4)[C@H](O)C[C@H]3C2)cs1. The number of amides is 1. The van der Waals surface area contributed by atoms with Crippen molar-refractivity contribution in [1.82, 2.24) is 19.7 Å². The first-order valence-corrected chi connectivity index (χ1v) is 9.63. The molecule has 3 heterocycles. The van der Waals surface area contributed by atoms with Gasteiger partial charge < -0.3 is 15.7 Å². The largest absolute Gasteiger partial charge is 0.391 e. The molecule has 134 valence electrons. The van der Waals surface area contributed by atoms with Crippen LogP contribution < -0.4 is 5.73 Å². The average Bonchev–Trinajstić information content (AvgIpc) is 3.32. The van der Waals surface area contributed by atoms with Crippen LogP contribution in [0.3, 0.4) is 0 Å². The molecule has 1 saturated heterocycles. The molecule has 1 aliphatic carbocycles. The van der Waals surface area contributed by atoms with Gasteiger partial charge in [-0.15, -0.1) is 11.3 Å². The number of likely N-dealkylation sites (tertiary alicyclic amines) is 1. The fourth-order valence-electron chi connectivity index (χ4n) is 4.20. The van der Waals surface area contributed by atoms with E-state index in [2.05, 4.69) is 10.1 Å². The minimum atomic E-state index is -0.394. The number of aromatic nitrogens is 3. The summed E-state index contributed by atoms with van der Waals surface area (Å²) in [5, 5.41) is 17.2. The van der Waals surface area contributed by atoms with Crippen LogP contribution in [0.5, 0.6) is 0 Å². The Labute approximate surface area is 150 Å². The number of nitrogens with two attached hydrogens (primary N) is 1. The van der Waals surface area contributed by atoms with Gasteiger partial charge in [0.1, 0.15) is 0 Å². The number of carbonyl (C=O) groups is 1. The molecule has 0 radical (unpaired) electrons. The van der Waals surface area contributed by atoms with Crippen LogP contribution in [0.2, 0.25) is 0 Å². The Morgan fingerprint density at radius 3 is 2.84 bits per heavy atom. The molecule has 1 saturated carbocycles. The molecule has 2 aliphatic rings. The summed E-state index contributed by atoms with van der Waals surface area (Å²) in [5.74, 6) is 1.00. The molecule has 25 heavy (non-hydrogen) atoms. The van der Waals surface area contributed by atoms with Gasteiger partial charge in [-0.05, 0) is 37.2 Å². The lowest BCUT2D eigenvalue weighted by molar-refractivity contribution is -0.130. The monoisotopic (exact) mass is 361 g/mol. The van der Waals surface area contributed by atoms with E-state index in [9.17, 15) is 9.90 Å². The first-order valence-electron chi connectivity index (χ1n) is 8.75. The van der Waals surface area contributed by atoms with E-state index in [0.717, 1.165) is 31.6 Å². The first-order chi connectivity index (χ1) is 12.1. The van der Waals surface area contributed by atoms with Crippen molar-refractivity contribution in [3.63, 3.8) is 0 Å². The third-order valence-electron chi connectivity index (χ3n) is 5.49. The van der Waals surface area contributed by atoms with Crippen molar-refractivity contribution < 1.29 is 9.90 Å². The molecule has 4 atom stereocenters. The van der Waals surface area contributed by atoms with Gasteiger partial charge in [-0.25, -0.2) is 4.98 Å². The molecule has 0 bridgehead atoms. The van der Waals surface area contributed by atoms with Crippen molar-refractivity contribution in [2.75, 3.05) is 18.8 Å². The zero-order valence-corrected chi connectivity index (χ0v) is 14.8. The minimum Gasteiger partial charge on any atom is -0.391 e. The zero-order valence-electron chi connectivity index (χ0n) is 14.0. The van der Waals surface area contributed by atoms with Crippen LogP contribution in [-0.2, 0) is 11.2 Å². The Balaban J connectivity index is 1.35. The van der Waals surface area contributed by atoms with Crippen LogP contribution in [0.1, 0.15) is 31.0 Å². The van der Waals surface area contributed by atoms with E-state index < -0.39 is 6.10 Å². The maximum absolute atomic E-state index is 12.6. The van der Waals surface area contributed by atoms with Crippen LogP contribution in [-0.4, -0.2) is 49.9 Å². The van der Waals surface area contributed by atoms with E-state index in [4.69, 9.17) is 5.73 Å². The minimum absolute atomic E-state index is 0.0179. The molecule has 0 unspecified atom stereocenters. The summed E-state index contributed by atoms with van der Waals surface area (Å²) >= 11 is 1.41. The van der Waals surface area contributed by atoms with Gasteiger partial charge in [0.05, 0.1) is 17.8 Å². The fraction of sp³-hybridized carbons (Fsp3) is 0.588. The number of aliphatic hydroxyl groups excluding tert-OH is 1. The maximum Gasteiger partial charge on any atom is 0.222 e. The van der Waals surface area contributed by atoms with Crippen molar-refractivity contribution in [2.45, 2.75) is 37.8 Å². The van der Waals surface area contributed by atoms with Crippen molar-refractivity contribution in [2.24, 2.45) is 11.8 Å². The molecule has 0 spiro atoms. The number of hydrogen-bond acceptors (Lipinski definition) is 6. The van der Waals surface area contributed by atoms with Crippen LogP contribution in [0, 0.1) is 11.8 Å². The standard InChI is InChI=1S/C17H23N5O2S/c18-17-20-13(10-25-17)2-3-16(24)21-8-11-6-14(22-5-1-4-19-22)15(23)7-12(11)9-21/h1,4-5,10-12,14-15,23H,2-3,6-9H2,(H2,18,20)/t11-,12+,14-,15-/m1/s1. The van der Waals surface area contributed by atoms with Gasteiger partial charge in [-0.2, -0.15) is 5.10 Å². The molecule has 2 fully saturated rings. The van der Waals surface area contributed by atoms with Crippen molar-refractivity contribution >= 4 is 22.4 Å². The van der Waals surface area contributed by atoms with Gasteiger partial charge in [0.2, 0.25) is 5.91 Å². The Kier molecular flexibility index (Phi) is 4.47. The summed E-state index contributed by atoms with van der Waals surface area (Å²) in [6.45, 7) is 1.54. The maximum atomic E-state index is 12.6. The lowest BCUT2D eigenvalue weighted by atomic mass is 9.77. The smallest absolute Gasteiger partial charge is 0.222 e. The molecule has 1 aliphatic heterocycles.